The highest BCUT2D eigenvalue weighted by molar-refractivity contribution is 5.16. The van der Waals surface area contributed by atoms with Crippen LogP contribution >= 0.6 is 0 Å². The van der Waals surface area contributed by atoms with E-state index in [0.717, 1.165) is 30.7 Å². The Morgan fingerprint density at radius 3 is 2.94 bits per heavy atom. The summed E-state index contributed by atoms with van der Waals surface area (Å²) < 4.78 is 5.53. The second kappa shape index (κ2) is 5.02. The van der Waals surface area contributed by atoms with E-state index in [-0.39, 0.29) is 0 Å². The second-order valence-corrected chi connectivity index (χ2v) is 5.07. The molecule has 2 atom stereocenters. The highest BCUT2D eigenvalue weighted by atomic mass is 16.3. The van der Waals surface area contributed by atoms with E-state index in [1.54, 1.807) is 6.26 Å². The van der Waals surface area contributed by atoms with Crippen molar-refractivity contribution in [2.75, 3.05) is 20.6 Å². The molecule has 1 aliphatic rings. The number of rotatable bonds is 6. The normalized spacial score (nSPS) is 24.0. The lowest BCUT2D eigenvalue weighted by Gasteiger charge is -2.15. The molecule has 3 heteroatoms. The minimum atomic E-state index is 0.888. The van der Waals surface area contributed by atoms with E-state index in [2.05, 4.69) is 30.3 Å². The molecule has 0 radical (unpaired) electrons. The summed E-state index contributed by atoms with van der Waals surface area (Å²) in [6, 6.07) is 2.05. The molecule has 1 aliphatic carbocycles. The van der Waals surface area contributed by atoms with Crippen LogP contribution in [-0.4, -0.2) is 25.5 Å². The first-order chi connectivity index (χ1) is 7.70. The van der Waals surface area contributed by atoms with Crippen LogP contribution in [0.5, 0.6) is 0 Å². The zero-order valence-electron chi connectivity index (χ0n) is 10.5. The molecule has 1 fully saturated rings. The standard InChI is InChI=1S/C13H22N2O/c1-10-6-12(10)8-15(3)9-13-11(7-14-2)4-5-16-13/h4-5,10,12,14H,6-9H2,1-3H3. The lowest BCUT2D eigenvalue weighted by atomic mass is 10.2. The van der Waals surface area contributed by atoms with Crippen LogP contribution in [0.3, 0.4) is 0 Å². The van der Waals surface area contributed by atoms with Gasteiger partial charge in [0, 0.05) is 18.7 Å². The van der Waals surface area contributed by atoms with Crippen LogP contribution in [0.25, 0.3) is 0 Å². The van der Waals surface area contributed by atoms with Gasteiger partial charge in [0.05, 0.1) is 12.8 Å². The highest BCUT2D eigenvalue weighted by Crippen LogP contribution is 2.38. The number of hydrogen-bond acceptors (Lipinski definition) is 3. The van der Waals surface area contributed by atoms with Gasteiger partial charge in [-0.05, 0) is 38.4 Å². The summed E-state index contributed by atoms with van der Waals surface area (Å²) in [5.74, 6) is 2.94. The average molecular weight is 222 g/mol. The number of furan rings is 1. The topological polar surface area (TPSA) is 28.4 Å². The van der Waals surface area contributed by atoms with E-state index in [9.17, 15) is 0 Å². The second-order valence-electron chi connectivity index (χ2n) is 5.07. The smallest absolute Gasteiger partial charge is 0.122 e. The maximum Gasteiger partial charge on any atom is 0.122 e. The van der Waals surface area contributed by atoms with Gasteiger partial charge >= 0.3 is 0 Å². The molecule has 2 unspecified atom stereocenters. The molecule has 1 aromatic rings. The van der Waals surface area contributed by atoms with Crippen molar-refractivity contribution in [3.63, 3.8) is 0 Å². The molecular formula is C13H22N2O. The van der Waals surface area contributed by atoms with Crippen molar-refractivity contribution in [3.05, 3.63) is 23.7 Å². The first kappa shape index (κ1) is 11.7. The number of nitrogens with one attached hydrogen (secondary N) is 1. The quantitative estimate of drug-likeness (QED) is 0.799. The first-order valence-corrected chi connectivity index (χ1v) is 6.09. The van der Waals surface area contributed by atoms with E-state index < -0.39 is 0 Å². The van der Waals surface area contributed by atoms with Gasteiger partial charge in [0.15, 0.2) is 0 Å². The third-order valence-electron chi connectivity index (χ3n) is 3.44. The fraction of sp³-hybridized carbons (Fsp3) is 0.692. The monoisotopic (exact) mass is 222 g/mol. The van der Waals surface area contributed by atoms with Gasteiger partial charge in [-0.3, -0.25) is 4.90 Å². The van der Waals surface area contributed by atoms with Crippen LogP contribution in [-0.2, 0) is 13.1 Å². The molecule has 0 saturated heterocycles. The lowest BCUT2D eigenvalue weighted by Crippen LogP contribution is -2.21. The Labute approximate surface area is 97.8 Å². The van der Waals surface area contributed by atoms with E-state index in [0.29, 0.717) is 0 Å². The number of hydrogen-bond donors (Lipinski definition) is 1. The predicted octanol–water partition coefficient (Wildman–Crippen LogP) is 2.09. The van der Waals surface area contributed by atoms with Crippen molar-refractivity contribution < 1.29 is 4.42 Å². The molecule has 3 nitrogen and oxygen atoms in total. The third kappa shape index (κ3) is 2.86. The predicted molar refractivity (Wildman–Crippen MR) is 65.1 cm³/mol. The maximum absolute atomic E-state index is 5.53. The minimum absolute atomic E-state index is 0.888. The molecule has 0 bridgehead atoms. The molecule has 1 heterocycles. The SMILES string of the molecule is CNCc1ccoc1CN(C)CC1CC1C. The van der Waals surface area contributed by atoms with Gasteiger partial charge in [-0.1, -0.05) is 6.92 Å². The Kier molecular flexibility index (Phi) is 3.66. The molecule has 1 saturated carbocycles. The van der Waals surface area contributed by atoms with Crippen LogP contribution in [0.15, 0.2) is 16.7 Å². The summed E-state index contributed by atoms with van der Waals surface area (Å²) in [7, 11) is 4.14. The summed E-state index contributed by atoms with van der Waals surface area (Å²) in [5.41, 5.74) is 1.28. The van der Waals surface area contributed by atoms with Crippen molar-refractivity contribution in [3.8, 4) is 0 Å². The van der Waals surface area contributed by atoms with Crippen molar-refractivity contribution >= 4 is 0 Å². The molecule has 90 valence electrons. The maximum atomic E-state index is 5.53. The van der Waals surface area contributed by atoms with E-state index >= 15 is 0 Å². The molecule has 16 heavy (non-hydrogen) atoms. The summed E-state index contributed by atoms with van der Waals surface area (Å²) >= 11 is 0. The summed E-state index contributed by atoms with van der Waals surface area (Å²) in [4.78, 5) is 2.37. The Balaban J connectivity index is 1.84. The molecular weight excluding hydrogens is 200 g/mol. The molecule has 2 rings (SSSR count). The zero-order chi connectivity index (χ0) is 11.5. The van der Waals surface area contributed by atoms with Gasteiger partial charge in [0.1, 0.15) is 5.76 Å². The van der Waals surface area contributed by atoms with E-state index in [1.807, 2.05) is 7.05 Å². The van der Waals surface area contributed by atoms with E-state index in [4.69, 9.17) is 4.42 Å². The average Bonchev–Trinajstić information content (AvgIpc) is 2.74. The Bertz CT molecular complexity index is 334. The van der Waals surface area contributed by atoms with Gasteiger partial charge in [-0.2, -0.15) is 0 Å². The summed E-state index contributed by atoms with van der Waals surface area (Å²) in [6.07, 6.45) is 3.18. The zero-order valence-corrected chi connectivity index (χ0v) is 10.5. The van der Waals surface area contributed by atoms with Crippen LogP contribution in [0, 0.1) is 11.8 Å². The summed E-state index contributed by atoms with van der Waals surface area (Å²) in [5, 5.41) is 3.17. The molecule has 0 spiro atoms. The van der Waals surface area contributed by atoms with Crippen LogP contribution < -0.4 is 5.32 Å². The van der Waals surface area contributed by atoms with Crippen molar-refractivity contribution in [2.24, 2.45) is 11.8 Å². The molecule has 1 aromatic heterocycles. The largest absolute Gasteiger partial charge is 0.468 e. The van der Waals surface area contributed by atoms with Gasteiger partial charge in [0.25, 0.3) is 0 Å². The van der Waals surface area contributed by atoms with E-state index in [1.165, 1.54) is 18.5 Å². The first-order valence-electron chi connectivity index (χ1n) is 6.09. The van der Waals surface area contributed by atoms with Gasteiger partial charge < -0.3 is 9.73 Å². The van der Waals surface area contributed by atoms with Crippen LogP contribution in [0.2, 0.25) is 0 Å². The molecule has 1 N–H and O–H groups in total. The minimum Gasteiger partial charge on any atom is -0.468 e. The fourth-order valence-electron chi connectivity index (χ4n) is 2.22. The third-order valence-corrected chi connectivity index (χ3v) is 3.44. The fourth-order valence-corrected chi connectivity index (χ4v) is 2.22. The highest BCUT2D eigenvalue weighted by Gasteiger charge is 2.33. The van der Waals surface area contributed by atoms with Crippen molar-refractivity contribution in [2.45, 2.75) is 26.4 Å². The van der Waals surface area contributed by atoms with Crippen LogP contribution in [0.4, 0.5) is 0 Å². The Morgan fingerprint density at radius 2 is 2.31 bits per heavy atom. The van der Waals surface area contributed by atoms with Gasteiger partial charge in [-0.15, -0.1) is 0 Å². The van der Waals surface area contributed by atoms with Crippen molar-refractivity contribution in [1.29, 1.82) is 0 Å². The van der Waals surface area contributed by atoms with Crippen molar-refractivity contribution in [1.82, 2.24) is 10.2 Å². The van der Waals surface area contributed by atoms with Gasteiger partial charge in [0.2, 0.25) is 0 Å². The lowest BCUT2D eigenvalue weighted by molar-refractivity contribution is 0.278. The molecule has 0 aromatic carbocycles. The molecule has 0 aliphatic heterocycles. The number of nitrogens with zero attached hydrogens (tertiary/aromatic N) is 1. The van der Waals surface area contributed by atoms with Gasteiger partial charge in [-0.25, -0.2) is 0 Å². The molecule has 0 amide bonds. The Hall–Kier alpha value is -0.800. The summed E-state index contributed by atoms with van der Waals surface area (Å²) in [6.45, 7) is 5.34. The van der Waals surface area contributed by atoms with Crippen LogP contribution in [0.1, 0.15) is 24.7 Å². The Morgan fingerprint density at radius 1 is 1.56 bits per heavy atom.